The third-order valence-corrected chi connectivity index (χ3v) is 3.41. The highest BCUT2D eigenvalue weighted by atomic mass is 32.2. The summed E-state index contributed by atoms with van der Waals surface area (Å²) >= 11 is 1.68. The predicted molar refractivity (Wildman–Crippen MR) is 83.1 cm³/mol. The van der Waals surface area contributed by atoms with Crippen LogP contribution in [0, 0.1) is 6.92 Å². The molecule has 1 amide bonds. The second-order valence-electron chi connectivity index (χ2n) is 3.96. The second-order valence-corrected chi connectivity index (χ2v) is 4.81. The molecule has 4 heteroatoms. The van der Waals surface area contributed by atoms with Gasteiger partial charge in [0, 0.05) is 10.6 Å². The number of amides is 1. The fourth-order valence-electron chi connectivity index (χ4n) is 1.64. The highest BCUT2D eigenvalue weighted by Crippen LogP contribution is 2.29. The van der Waals surface area contributed by atoms with E-state index in [4.69, 9.17) is 10.5 Å². The Kier molecular flexibility index (Phi) is 5.96. The van der Waals surface area contributed by atoms with Crippen LogP contribution in [0.4, 0.5) is 5.69 Å². The highest BCUT2D eigenvalue weighted by molar-refractivity contribution is 7.98. The molecule has 2 aromatic carbocycles. The molecular formula is C15H18N2OS. The minimum atomic E-state index is 0.250. The van der Waals surface area contributed by atoms with Crippen LogP contribution in [-0.4, -0.2) is 12.7 Å². The summed E-state index contributed by atoms with van der Waals surface area (Å²) in [6.07, 6.45) is 2.30. The van der Waals surface area contributed by atoms with E-state index in [1.807, 2.05) is 12.3 Å². The summed E-state index contributed by atoms with van der Waals surface area (Å²) in [4.78, 5) is 9.72. The van der Waals surface area contributed by atoms with E-state index >= 15 is 0 Å². The average molecular weight is 274 g/mol. The van der Waals surface area contributed by atoms with Gasteiger partial charge in [-0.05, 0) is 36.4 Å². The third kappa shape index (κ3) is 4.34. The molecule has 0 fully saturated rings. The zero-order valence-corrected chi connectivity index (χ0v) is 11.9. The summed E-state index contributed by atoms with van der Waals surface area (Å²) < 4.78 is 0. The molecule has 0 bridgehead atoms. The van der Waals surface area contributed by atoms with Gasteiger partial charge in [-0.25, -0.2) is 0 Å². The molecule has 0 spiro atoms. The summed E-state index contributed by atoms with van der Waals surface area (Å²) in [7, 11) is 0. The van der Waals surface area contributed by atoms with Gasteiger partial charge in [0.05, 0.1) is 0 Å². The van der Waals surface area contributed by atoms with Crippen molar-refractivity contribution in [2.75, 3.05) is 12.0 Å². The molecular weight excluding hydrogens is 256 g/mol. The van der Waals surface area contributed by atoms with Crippen LogP contribution >= 0.6 is 11.8 Å². The van der Waals surface area contributed by atoms with Gasteiger partial charge in [0.1, 0.15) is 0 Å². The maximum atomic E-state index is 8.58. The molecule has 0 radical (unpaired) electrons. The number of aryl methyl sites for hydroxylation is 1. The maximum absolute atomic E-state index is 8.58. The zero-order valence-electron chi connectivity index (χ0n) is 11.1. The molecule has 0 aliphatic rings. The van der Waals surface area contributed by atoms with Crippen molar-refractivity contribution in [3.63, 3.8) is 0 Å². The van der Waals surface area contributed by atoms with Crippen LogP contribution < -0.4 is 11.5 Å². The Morgan fingerprint density at radius 2 is 1.58 bits per heavy atom. The maximum Gasteiger partial charge on any atom is 0.204 e. The van der Waals surface area contributed by atoms with Crippen molar-refractivity contribution in [2.24, 2.45) is 5.73 Å². The van der Waals surface area contributed by atoms with E-state index in [2.05, 4.69) is 49.1 Å². The molecule has 4 N–H and O–H groups in total. The molecule has 0 unspecified atom stereocenters. The first-order valence-corrected chi connectivity index (χ1v) is 7.00. The lowest BCUT2D eigenvalue weighted by Crippen LogP contribution is -1.88. The smallest absolute Gasteiger partial charge is 0.204 e. The number of nitrogens with two attached hydrogens (primary N) is 2. The van der Waals surface area contributed by atoms with Crippen LogP contribution in [0.1, 0.15) is 5.56 Å². The molecule has 0 aliphatic heterocycles. The van der Waals surface area contributed by atoms with Gasteiger partial charge >= 0.3 is 0 Å². The fraction of sp³-hybridized carbons (Fsp3) is 0.133. The van der Waals surface area contributed by atoms with Crippen molar-refractivity contribution in [1.82, 2.24) is 0 Å². The Labute approximate surface area is 118 Å². The standard InChI is InChI=1S/C14H15NS.CH3NO/c1-10-3-5-11(6-4-10)12-7-8-13(15)14(9-12)16-2;2-1-3/h3-9H,15H2,1-2H3;1H,(H2,2,3). The first-order valence-electron chi connectivity index (χ1n) is 5.78. The van der Waals surface area contributed by atoms with Crippen LogP contribution in [0.25, 0.3) is 11.1 Å². The van der Waals surface area contributed by atoms with Gasteiger partial charge in [0.25, 0.3) is 0 Å². The number of benzene rings is 2. The van der Waals surface area contributed by atoms with E-state index in [9.17, 15) is 0 Å². The van der Waals surface area contributed by atoms with Gasteiger partial charge in [-0.3, -0.25) is 4.79 Å². The number of rotatable bonds is 2. The Morgan fingerprint density at radius 3 is 2.11 bits per heavy atom. The summed E-state index contributed by atoms with van der Waals surface area (Å²) in [5.74, 6) is 0. The molecule has 0 aromatic heterocycles. The van der Waals surface area contributed by atoms with Crippen molar-refractivity contribution >= 4 is 23.9 Å². The van der Waals surface area contributed by atoms with Gasteiger partial charge < -0.3 is 11.5 Å². The minimum absolute atomic E-state index is 0.250. The van der Waals surface area contributed by atoms with E-state index in [0.717, 1.165) is 10.6 Å². The number of anilines is 1. The van der Waals surface area contributed by atoms with Crippen LogP contribution in [-0.2, 0) is 4.79 Å². The molecule has 100 valence electrons. The van der Waals surface area contributed by atoms with E-state index < -0.39 is 0 Å². The Balaban J connectivity index is 0.000000550. The van der Waals surface area contributed by atoms with Gasteiger partial charge in [-0.1, -0.05) is 35.9 Å². The number of hydrogen-bond acceptors (Lipinski definition) is 3. The monoisotopic (exact) mass is 274 g/mol. The molecule has 2 aromatic rings. The topological polar surface area (TPSA) is 69.1 Å². The fourth-order valence-corrected chi connectivity index (χ4v) is 2.19. The van der Waals surface area contributed by atoms with Gasteiger partial charge in [0.15, 0.2) is 0 Å². The van der Waals surface area contributed by atoms with Gasteiger partial charge in [-0.2, -0.15) is 0 Å². The summed E-state index contributed by atoms with van der Waals surface area (Å²) in [6.45, 7) is 2.10. The van der Waals surface area contributed by atoms with Crippen molar-refractivity contribution in [2.45, 2.75) is 11.8 Å². The van der Waals surface area contributed by atoms with E-state index in [1.54, 1.807) is 11.8 Å². The summed E-state index contributed by atoms with van der Waals surface area (Å²) in [5, 5.41) is 0. The summed E-state index contributed by atoms with van der Waals surface area (Å²) in [5.41, 5.74) is 14.6. The Hall–Kier alpha value is -1.94. The third-order valence-electron chi connectivity index (χ3n) is 2.62. The number of hydrogen-bond donors (Lipinski definition) is 2. The molecule has 0 aliphatic carbocycles. The van der Waals surface area contributed by atoms with Crippen molar-refractivity contribution in [3.8, 4) is 11.1 Å². The molecule has 0 atom stereocenters. The van der Waals surface area contributed by atoms with E-state index in [0.29, 0.717) is 0 Å². The Morgan fingerprint density at radius 1 is 1.05 bits per heavy atom. The lowest BCUT2D eigenvalue weighted by atomic mass is 10.0. The lowest BCUT2D eigenvalue weighted by Gasteiger charge is -2.07. The first kappa shape index (κ1) is 15.1. The SMILES string of the molecule is CSc1cc(-c2ccc(C)cc2)ccc1N.NC=O. The highest BCUT2D eigenvalue weighted by Gasteiger charge is 2.01. The van der Waals surface area contributed by atoms with Crippen molar-refractivity contribution < 1.29 is 4.79 Å². The van der Waals surface area contributed by atoms with Crippen LogP contribution in [0.5, 0.6) is 0 Å². The Bertz CT molecular complexity index is 538. The predicted octanol–water partition coefficient (Wildman–Crippen LogP) is 3.07. The molecule has 3 nitrogen and oxygen atoms in total. The van der Waals surface area contributed by atoms with Crippen molar-refractivity contribution in [3.05, 3.63) is 48.0 Å². The molecule has 0 saturated heterocycles. The molecule has 2 rings (SSSR count). The van der Waals surface area contributed by atoms with Crippen molar-refractivity contribution in [1.29, 1.82) is 0 Å². The lowest BCUT2D eigenvalue weighted by molar-refractivity contribution is -0.106. The first-order chi connectivity index (χ1) is 9.12. The van der Waals surface area contributed by atoms with E-state index in [-0.39, 0.29) is 6.41 Å². The number of carbonyl (C=O) groups is 1. The normalized spacial score (nSPS) is 9.37. The van der Waals surface area contributed by atoms with Crippen LogP contribution in [0.2, 0.25) is 0 Å². The number of nitrogen functional groups attached to an aromatic ring is 1. The minimum Gasteiger partial charge on any atom is -0.398 e. The number of carbonyl (C=O) groups excluding carboxylic acids is 1. The molecule has 19 heavy (non-hydrogen) atoms. The largest absolute Gasteiger partial charge is 0.398 e. The summed E-state index contributed by atoms with van der Waals surface area (Å²) in [6, 6.07) is 14.7. The van der Waals surface area contributed by atoms with Gasteiger partial charge in [-0.15, -0.1) is 11.8 Å². The molecule has 0 saturated carbocycles. The van der Waals surface area contributed by atoms with Crippen LogP contribution in [0.15, 0.2) is 47.4 Å². The van der Waals surface area contributed by atoms with Crippen LogP contribution in [0.3, 0.4) is 0 Å². The molecule has 0 heterocycles. The number of primary amides is 1. The second kappa shape index (κ2) is 7.48. The quantitative estimate of drug-likeness (QED) is 0.502. The van der Waals surface area contributed by atoms with Gasteiger partial charge in [0.2, 0.25) is 6.41 Å². The van der Waals surface area contributed by atoms with E-state index in [1.165, 1.54) is 16.7 Å². The zero-order chi connectivity index (χ0) is 14.3. The number of thioether (sulfide) groups is 1. The average Bonchev–Trinajstić information content (AvgIpc) is 2.41.